The quantitative estimate of drug-likeness (QED) is 0.567. The van der Waals surface area contributed by atoms with E-state index in [2.05, 4.69) is 9.97 Å². The number of hydrogen-bond donors (Lipinski definition) is 0. The molecule has 0 aliphatic carbocycles. The van der Waals surface area contributed by atoms with Gasteiger partial charge >= 0.3 is 6.09 Å². The van der Waals surface area contributed by atoms with Crippen LogP contribution >= 0.6 is 11.8 Å². The van der Waals surface area contributed by atoms with Gasteiger partial charge in [-0.25, -0.2) is 9.78 Å². The molecule has 0 saturated carbocycles. The Bertz CT molecular complexity index is 368. The predicted molar refractivity (Wildman–Crippen MR) is 58.3 cm³/mol. The Balaban J connectivity index is 2.85. The molecule has 6 heteroatoms. The maximum atomic E-state index is 11.3. The van der Waals surface area contributed by atoms with Crippen molar-refractivity contribution in [3.8, 4) is 5.88 Å². The Morgan fingerprint density at radius 3 is 2.67 bits per heavy atom. The highest BCUT2D eigenvalue weighted by atomic mass is 32.2. The van der Waals surface area contributed by atoms with Gasteiger partial charge in [-0.3, -0.25) is 0 Å². The lowest BCUT2D eigenvalue weighted by Crippen LogP contribution is -2.25. The minimum Gasteiger partial charge on any atom is -0.391 e. The van der Waals surface area contributed by atoms with Gasteiger partial charge in [0.2, 0.25) is 5.88 Å². The summed E-state index contributed by atoms with van der Waals surface area (Å²) >= 11 is 1.41. The second-order valence-corrected chi connectivity index (χ2v) is 3.87. The van der Waals surface area contributed by atoms with Crippen LogP contribution in [0.2, 0.25) is 0 Å². The number of hydrogen-bond acceptors (Lipinski definition) is 5. The molecule has 0 aliphatic rings. The zero-order valence-electron chi connectivity index (χ0n) is 9.14. The summed E-state index contributed by atoms with van der Waals surface area (Å²) in [5.74, 6) is 0.283. The van der Waals surface area contributed by atoms with Crippen molar-refractivity contribution in [2.45, 2.75) is 12.1 Å². The molecule has 82 valence electrons. The van der Waals surface area contributed by atoms with E-state index in [0.29, 0.717) is 5.16 Å². The molecule has 0 spiro atoms. The number of aromatic nitrogens is 2. The summed E-state index contributed by atoms with van der Waals surface area (Å²) in [6, 6.07) is 1.63. The average molecular weight is 227 g/mol. The van der Waals surface area contributed by atoms with Gasteiger partial charge < -0.3 is 9.64 Å². The molecule has 0 N–H and O–H groups in total. The van der Waals surface area contributed by atoms with Gasteiger partial charge in [0.05, 0.1) is 0 Å². The molecule has 0 aliphatic heterocycles. The Hall–Kier alpha value is -1.30. The van der Waals surface area contributed by atoms with Gasteiger partial charge in [0.1, 0.15) is 0 Å². The highest BCUT2D eigenvalue weighted by Gasteiger charge is 2.09. The van der Waals surface area contributed by atoms with E-state index in [1.807, 2.05) is 13.2 Å². The van der Waals surface area contributed by atoms with Gasteiger partial charge in [-0.15, -0.1) is 0 Å². The van der Waals surface area contributed by atoms with Crippen LogP contribution in [0.3, 0.4) is 0 Å². The van der Waals surface area contributed by atoms with Gasteiger partial charge in [-0.2, -0.15) is 4.98 Å². The van der Waals surface area contributed by atoms with Crippen molar-refractivity contribution in [3.05, 3.63) is 11.8 Å². The fourth-order valence-electron chi connectivity index (χ4n) is 0.838. The molecule has 1 aromatic rings. The molecule has 0 atom stereocenters. The fourth-order valence-corrected chi connectivity index (χ4v) is 1.25. The van der Waals surface area contributed by atoms with Crippen molar-refractivity contribution < 1.29 is 9.53 Å². The number of aryl methyl sites for hydroxylation is 1. The molecule has 1 heterocycles. The molecule has 0 aromatic carbocycles. The van der Waals surface area contributed by atoms with Crippen LogP contribution in [0.4, 0.5) is 4.79 Å². The van der Waals surface area contributed by atoms with E-state index >= 15 is 0 Å². The highest BCUT2D eigenvalue weighted by Crippen LogP contribution is 2.15. The summed E-state index contributed by atoms with van der Waals surface area (Å²) < 4.78 is 5.02. The zero-order valence-corrected chi connectivity index (χ0v) is 9.96. The Kier molecular flexibility index (Phi) is 3.90. The number of carbonyl (C=O) groups excluding carboxylic acids is 1. The SMILES string of the molecule is CSc1nc(C)cc(OC(=O)N(C)C)n1. The zero-order chi connectivity index (χ0) is 11.4. The van der Waals surface area contributed by atoms with Crippen molar-refractivity contribution in [1.82, 2.24) is 14.9 Å². The molecule has 0 radical (unpaired) electrons. The van der Waals surface area contributed by atoms with Crippen molar-refractivity contribution in [1.29, 1.82) is 0 Å². The first-order valence-electron chi connectivity index (χ1n) is 4.31. The lowest BCUT2D eigenvalue weighted by Gasteiger charge is -2.10. The van der Waals surface area contributed by atoms with E-state index in [4.69, 9.17) is 4.74 Å². The molecular formula is C9H13N3O2S. The minimum absolute atomic E-state index is 0.283. The van der Waals surface area contributed by atoms with E-state index in [-0.39, 0.29) is 5.88 Å². The Labute approximate surface area is 92.9 Å². The minimum atomic E-state index is -0.444. The molecular weight excluding hydrogens is 214 g/mol. The molecule has 0 unspecified atom stereocenters. The van der Waals surface area contributed by atoms with E-state index in [1.165, 1.54) is 16.7 Å². The summed E-state index contributed by atoms with van der Waals surface area (Å²) in [5.41, 5.74) is 0.774. The maximum absolute atomic E-state index is 11.3. The normalized spacial score (nSPS) is 9.87. The van der Waals surface area contributed by atoms with Crippen LogP contribution in [0.15, 0.2) is 11.2 Å². The Morgan fingerprint density at radius 1 is 1.47 bits per heavy atom. The Morgan fingerprint density at radius 2 is 2.13 bits per heavy atom. The molecule has 1 amide bonds. The highest BCUT2D eigenvalue weighted by molar-refractivity contribution is 7.98. The third-order valence-electron chi connectivity index (χ3n) is 1.55. The smallest absolute Gasteiger partial charge is 0.391 e. The van der Waals surface area contributed by atoms with Gasteiger partial charge in [0.15, 0.2) is 5.16 Å². The molecule has 0 fully saturated rings. The van der Waals surface area contributed by atoms with Crippen LogP contribution in [0.5, 0.6) is 5.88 Å². The van der Waals surface area contributed by atoms with Crippen molar-refractivity contribution >= 4 is 17.9 Å². The summed E-state index contributed by atoms with van der Waals surface area (Å²) in [5, 5.41) is 0.594. The standard InChI is InChI=1S/C9H13N3O2S/c1-6-5-7(11-8(10-6)15-4)14-9(13)12(2)3/h5H,1-4H3. The van der Waals surface area contributed by atoms with Gasteiger partial charge in [-0.05, 0) is 13.2 Å². The fraction of sp³-hybridized carbons (Fsp3) is 0.444. The van der Waals surface area contributed by atoms with Gasteiger partial charge in [-0.1, -0.05) is 11.8 Å². The van der Waals surface area contributed by atoms with Crippen molar-refractivity contribution in [2.24, 2.45) is 0 Å². The number of amides is 1. The molecule has 1 rings (SSSR count). The number of rotatable bonds is 2. The second kappa shape index (κ2) is 4.97. The van der Waals surface area contributed by atoms with Crippen LogP contribution < -0.4 is 4.74 Å². The summed E-state index contributed by atoms with van der Waals surface area (Å²) in [6.45, 7) is 1.83. The first kappa shape index (κ1) is 11.8. The third-order valence-corrected chi connectivity index (χ3v) is 2.10. The van der Waals surface area contributed by atoms with E-state index in [0.717, 1.165) is 5.69 Å². The molecule has 0 saturated heterocycles. The van der Waals surface area contributed by atoms with Crippen molar-refractivity contribution in [3.63, 3.8) is 0 Å². The second-order valence-electron chi connectivity index (χ2n) is 3.10. The number of nitrogens with zero attached hydrogens (tertiary/aromatic N) is 3. The predicted octanol–water partition coefficient (Wildman–Crippen LogP) is 1.57. The lowest BCUT2D eigenvalue weighted by atomic mass is 10.4. The first-order chi connectivity index (χ1) is 7.02. The number of carbonyl (C=O) groups is 1. The number of thioether (sulfide) groups is 1. The monoisotopic (exact) mass is 227 g/mol. The summed E-state index contributed by atoms with van der Waals surface area (Å²) in [6.07, 6.45) is 1.42. The van der Waals surface area contributed by atoms with Gasteiger partial charge in [0.25, 0.3) is 0 Å². The van der Waals surface area contributed by atoms with Crippen LogP contribution in [0.1, 0.15) is 5.69 Å². The first-order valence-corrected chi connectivity index (χ1v) is 5.54. The summed E-state index contributed by atoms with van der Waals surface area (Å²) in [7, 11) is 3.23. The van der Waals surface area contributed by atoms with Crippen LogP contribution in [-0.2, 0) is 0 Å². The summed E-state index contributed by atoms with van der Waals surface area (Å²) in [4.78, 5) is 20.8. The van der Waals surface area contributed by atoms with Crippen molar-refractivity contribution in [2.75, 3.05) is 20.4 Å². The maximum Gasteiger partial charge on any atom is 0.416 e. The third kappa shape index (κ3) is 3.39. The number of ether oxygens (including phenoxy) is 1. The molecule has 1 aromatic heterocycles. The molecule has 0 bridgehead atoms. The largest absolute Gasteiger partial charge is 0.416 e. The van der Waals surface area contributed by atoms with Gasteiger partial charge in [0, 0.05) is 25.9 Å². The van der Waals surface area contributed by atoms with E-state index in [1.54, 1.807) is 20.2 Å². The van der Waals surface area contributed by atoms with Crippen LogP contribution in [0.25, 0.3) is 0 Å². The van der Waals surface area contributed by atoms with E-state index < -0.39 is 6.09 Å². The molecule has 15 heavy (non-hydrogen) atoms. The topological polar surface area (TPSA) is 55.3 Å². The van der Waals surface area contributed by atoms with Crippen LogP contribution in [0, 0.1) is 6.92 Å². The average Bonchev–Trinajstić information content (AvgIpc) is 2.16. The molecule has 5 nitrogen and oxygen atoms in total. The van der Waals surface area contributed by atoms with E-state index in [9.17, 15) is 4.79 Å². The van der Waals surface area contributed by atoms with Crippen LogP contribution in [-0.4, -0.2) is 41.3 Å². The lowest BCUT2D eigenvalue weighted by molar-refractivity contribution is 0.169.